The van der Waals surface area contributed by atoms with E-state index in [4.69, 9.17) is 5.10 Å². The number of fused-ring (bicyclic) bond motifs is 1. The van der Waals surface area contributed by atoms with Crippen LogP contribution >= 0.6 is 0 Å². The highest BCUT2D eigenvalue weighted by Gasteiger charge is 2.37. The lowest BCUT2D eigenvalue weighted by Gasteiger charge is -2.16. The van der Waals surface area contributed by atoms with Gasteiger partial charge in [0.1, 0.15) is 0 Å². The Morgan fingerprint density at radius 2 is 2.00 bits per heavy atom. The van der Waals surface area contributed by atoms with Gasteiger partial charge in [0.25, 0.3) is 11.8 Å². The number of aryl methyl sites for hydroxylation is 1. The summed E-state index contributed by atoms with van der Waals surface area (Å²) in [6, 6.07) is 3.72. The molecule has 2 heterocycles. The third-order valence-corrected chi connectivity index (χ3v) is 6.63. The van der Waals surface area contributed by atoms with Crippen LogP contribution < -0.4 is 5.32 Å². The molecule has 1 amide bonds. The number of rotatable bonds is 6. The molecular formula is C23H32F2N4O. The number of hydrogen-bond donors (Lipinski definition) is 1. The third kappa shape index (κ3) is 4.99. The number of aromatic nitrogens is 2. The van der Waals surface area contributed by atoms with E-state index in [1.807, 2.05) is 23.7 Å². The number of amides is 1. The maximum absolute atomic E-state index is 13.3. The van der Waals surface area contributed by atoms with E-state index in [-0.39, 0.29) is 18.9 Å². The van der Waals surface area contributed by atoms with Gasteiger partial charge in [0.05, 0.1) is 12.1 Å². The second-order valence-electron chi connectivity index (χ2n) is 9.02. The molecule has 1 aromatic heterocycles. The second-order valence-corrected chi connectivity index (χ2v) is 9.02. The summed E-state index contributed by atoms with van der Waals surface area (Å²) < 4.78 is 28.6. The van der Waals surface area contributed by atoms with Crippen molar-refractivity contribution in [1.29, 1.82) is 0 Å². The summed E-state index contributed by atoms with van der Waals surface area (Å²) in [5.41, 5.74) is 2.46. The molecule has 2 aromatic rings. The van der Waals surface area contributed by atoms with E-state index < -0.39 is 5.92 Å². The number of benzene rings is 1. The molecule has 4 rings (SSSR count). The lowest BCUT2D eigenvalue weighted by Crippen LogP contribution is -2.35. The predicted octanol–water partition coefficient (Wildman–Crippen LogP) is 4.39. The summed E-state index contributed by atoms with van der Waals surface area (Å²) in [6.07, 6.45) is 9.82. The van der Waals surface area contributed by atoms with Gasteiger partial charge >= 0.3 is 0 Å². The number of nitrogens with one attached hydrogen (secondary N) is 1. The van der Waals surface area contributed by atoms with Crippen molar-refractivity contribution in [2.45, 2.75) is 64.3 Å². The molecule has 2 fully saturated rings. The van der Waals surface area contributed by atoms with Gasteiger partial charge in [0.2, 0.25) is 0 Å². The van der Waals surface area contributed by atoms with Crippen molar-refractivity contribution in [2.75, 3.05) is 26.2 Å². The molecule has 0 atom stereocenters. The van der Waals surface area contributed by atoms with Crippen molar-refractivity contribution in [3.05, 3.63) is 29.5 Å². The van der Waals surface area contributed by atoms with Crippen LogP contribution in [0.1, 0.15) is 60.9 Å². The fourth-order valence-corrected chi connectivity index (χ4v) is 4.85. The molecule has 1 saturated carbocycles. The molecule has 1 aliphatic heterocycles. The standard InChI is InChI=1S/C23H32F2N4O/c1-17-19(22(30)26-11-13-28-12-10-23(24,25)16-28)8-9-21-20(17)15-29(27-21)14-18-6-4-2-3-5-7-18/h8-9,15,18H,2-7,10-14,16H2,1H3,(H,26,30). The Kier molecular flexibility index (Phi) is 6.37. The number of halogens is 2. The summed E-state index contributed by atoms with van der Waals surface area (Å²) in [5, 5.41) is 8.63. The average molecular weight is 419 g/mol. The largest absolute Gasteiger partial charge is 0.351 e. The third-order valence-electron chi connectivity index (χ3n) is 6.63. The van der Waals surface area contributed by atoms with Gasteiger partial charge in [0.15, 0.2) is 0 Å². The summed E-state index contributed by atoms with van der Waals surface area (Å²) in [4.78, 5) is 14.4. The molecule has 164 valence electrons. The monoisotopic (exact) mass is 418 g/mol. The zero-order chi connectivity index (χ0) is 21.1. The van der Waals surface area contributed by atoms with Crippen LogP contribution in [0, 0.1) is 12.8 Å². The van der Waals surface area contributed by atoms with Crippen LogP contribution in [0.4, 0.5) is 8.78 Å². The molecule has 1 saturated heterocycles. The lowest BCUT2D eigenvalue weighted by molar-refractivity contribution is 0.0124. The Labute approximate surface area is 176 Å². The molecule has 0 unspecified atom stereocenters. The molecule has 0 spiro atoms. The Morgan fingerprint density at radius 3 is 2.70 bits per heavy atom. The molecule has 1 aromatic carbocycles. The van der Waals surface area contributed by atoms with Crippen molar-refractivity contribution >= 4 is 16.8 Å². The Morgan fingerprint density at radius 1 is 1.23 bits per heavy atom. The smallest absolute Gasteiger partial charge is 0.261 e. The van der Waals surface area contributed by atoms with E-state index in [9.17, 15) is 13.6 Å². The highest BCUT2D eigenvalue weighted by Crippen LogP contribution is 2.27. The van der Waals surface area contributed by atoms with Crippen molar-refractivity contribution < 1.29 is 13.6 Å². The van der Waals surface area contributed by atoms with Crippen LogP contribution in [-0.4, -0.2) is 52.7 Å². The van der Waals surface area contributed by atoms with Gasteiger partial charge in [-0.05, 0) is 43.4 Å². The molecule has 7 heteroatoms. The zero-order valence-electron chi connectivity index (χ0n) is 17.8. The van der Waals surface area contributed by atoms with Crippen molar-refractivity contribution in [1.82, 2.24) is 20.0 Å². The molecule has 1 N–H and O–H groups in total. The van der Waals surface area contributed by atoms with Crippen LogP contribution in [-0.2, 0) is 6.54 Å². The summed E-state index contributed by atoms with van der Waals surface area (Å²) in [6.45, 7) is 3.88. The molecule has 5 nitrogen and oxygen atoms in total. The summed E-state index contributed by atoms with van der Waals surface area (Å²) in [7, 11) is 0. The minimum atomic E-state index is -2.59. The number of alkyl halides is 2. The van der Waals surface area contributed by atoms with E-state index in [1.54, 1.807) is 4.90 Å². The number of carbonyl (C=O) groups is 1. The van der Waals surface area contributed by atoms with E-state index in [0.717, 1.165) is 23.0 Å². The van der Waals surface area contributed by atoms with Gasteiger partial charge < -0.3 is 5.32 Å². The first-order valence-electron chi connectivity index (χ1n) is 11.3. The fourth-order valence-electron chi connectivity index (χ4n) is 4.85. The average Bonchev–Trinajstić information content (AvgIpc) is 3.16. The number of nitrogens with zero attached hydrogens (tertiary/aromatic N) is 3. The first-order valence-corrected chi connectivity index (χ1v) is 11.3. The molecule has 0 bridgehead atoms. The molecule has 1 aliphatic carbocycles. The Bertz CT molecular complexity index is 887. The summed E-state index contributed by atoms with van der Waals surface area (Å²) in [5.74, 6) is -2.07. The predicted molar refractivity (Wildman–Crippen MR) is 114 cm³/mol. The van der Waals surface area contributed by atoms with Crippen molar-refractivity contribution in [2.24, 2.45) is 5.92 Å². The van der Waals surface area contributed by atoms with E-state index in [0.29, 0.717) is 31.1 Å². The number of carbonyl (C=O) groups excluding carboxylic acids is 1. The van der Waals surface area contributed by atoms with Crippen LogP contribution in [0.15, 0.2) is 18.3 Å². The van der Waals surface area contributed by atoms with Crippen molar-refractivity contribution in [3.8, 4) is 0 Å². The van der Waals surface area contributed by atoms with Crippen LogP contribution in [0.25, 0.3) is 10.9 Å². The molecular weight excluding hydrogens is 386 g/mol. The lowest BCUT2D eigenvalue weighted by atomic mass is 10.0. The van der Waals surface area contributed by atoms with Gasteiger partial charge in [-0.25, -0.2) is 8.78 Å². The van der Waals surface area contributed by atoms with Gasteiger partial charge in [-0.1, -0.05) is 25.7 Å². The Hall–Kier alpha value is -2.02. The maximum Gasteiger partial charge on any atom is 0.261 e. The Balaban J connectivity index is 1.38. The number of hydrogen-bond acceptors (Lipinski definition) is 3. The minimum absolute atomic E-state index is 0.0957. The SMILES string of the molecule is Cc1c(C(=O)NCCN2CCC(F)(F)C2)ccc2nn(CC3CCCCCC3)cc12. The van der Waals surface area contributed by atoms with Crippen LogP contribution in [0.5, 0.6) is 0 Å². The highest BCUT2D eigenvalue weighted by molar-refractivity contribution is 6.00. The van der Waals surface area contributed by atoms with Crippen molar-refractivity contribution in [3.63, 3.8) is 0 Å². The topological polar surface area (TPSA) is 50.2 Å². The van der Waals surface area contributed by atoms with E-state index >= 15 is 0 Å². The quantitative estimate of drug-likeness (QED) is 0.708. The van der Waals surface area contributed by atoms with E-state index in [2.05, 4.69) is 11.5 Å². The maximum atomic E-state index is 13.3. The highest BCUT2D eigenvalue weighted by atomic mass is 19.3. The van der Waals surface area contributed by atoms with Gasteiger partial charge in [0, 0.05) is 49.7 Å². The van der Waals surface area contributed by atoms with Crippen LogP contribution in [0.3, 0.4) is 0 Å². The van der Waals surface area contributed by atoms with Gasteiger partial charge in [-0.2, -0.15) is 5.10 Å². The normalized spacial score (nSPS) is 20.5. The minimum Gasteiger partial charge on any atom is -0.351 e. The molecule has 2 aliphatic rings. The van der Waals surface area contributed by atoms with Crippen LogP contribution in [0.2, 0.25) is 0 Å². The molecule has 30 heavy (non-hydrogen) atoms. The van der Waals surface area contributed by atoms with E-state index in [1.165, 1.54) is 38.5 Å². The summed E-state index contributed by atoms with van der Waals surface area (Å²) >= 11 is 0. The first kappa shape index (κ1) is 21.2. The fraction of sp³-hybridized carbons (Fsp3) is 0.652. The van der Waals surface area contributed by atoms with Gasteiger partial charge in [-0.3, -0.25) is 14.4 Å². The zero-order valence-corrected chi connectivity index (χ0v) is 17.8. The van der Waals surface area contributed by atoms with Gasteiger partial charge in [-0.15, -0.1) is 0 Å². The first-order chi connectivity index (χ1) is 14.4. The number of likely N-dealkylation sites (tertiary alicyclic amines) is 1. The molecule has 0 radical (unpaired) electrons. The second kappa shape index (κ2) is 9.00.